The summed E-state index contributed by atoms with van der Waals surface area (Å²) in [6.07, 6.45) is 1.28. The third-order valence-corrected chi connectivity index (χ3v) is 6.59. The Bertz CT molecular complexity index is 1160. The molecule has 4 aliphatic rings. The first-order valence-electron chi connectivity index (χ1n) is 11.2. The van der Waals surface area contributed by atoms with E-state index in [0.29, 0.717) is 16.6 Å². The fourth-order valence-corrected chi connectivity index (χ4v) is 4.93. The summed E-state index contributed by atoms with van der Waals surface area (Å²) in [5.74, 6) is 0.984. The highest BCUT2D eigenvalue weighted by atomic mass is 19.4. The minimum Gasteiger partial charge on any atom is -0.371 e. The molecule has 8 nitrogen and oxygen atoms in total. The van der Waals surface area contributed by atoms with Gasteiger partial charge in [0.25, 0.3) is 0 Å². The van der Waals surface area contributed by atoms with Gasteiger partial charge in [-0.05, 0) is 31.5 Å². The number of anilines is 2. The number of hydrogen-bond donors (Lipinski definition) is 3. The van der Waals surface area contributed by atoms with Crippen LogP contribution >= 0.6 is 0 Å². The second-order valence-corrected chi connectivity index (χ2v) is 8.93. The lowest BCUT2D eigenvalue weighted by Gasteiger charge is -2.47. The van der Waals surface area contributed by atoms with Crippen molar-refractivity contribution >= 4 is 22.8 Å². The van der Waals surface area contributed by atoms with Crippen molar-refractivity contribution in [3.8, 4) is 11.3 Å². The van der Waals surface area contributed by atoms with Crippen molar-refractivity contribution in [1.29, 1.82) is 0 Å². The summed E-state index contributed by atoms with van der Waals surface area (Å²) in [7, 11) is 0. The molecule has 3 aromatic heterocycles. The Labute approximate surface area is 188 Å². The number of halogens is 3. The molecule has 3 atom stereocenters. The van der Waals surface area contributed by atoms with E-state index in [9.17, 15) is 13.2 Å². The number of alkyl halides is 3. The van der Waals surface area contributed by atoms with Crippen LogP contribution in [0.3, 0.4) is 0 Å². The molecule has 0 aromatic carbocycles. The third-order valence-electron chi connectivity index (χ3n) is 6.59. The topological polar surface area (TPSA) is 91.0 Å². The Morgan fingerprint density at radius 2 is 1.97 bits per heavy atom. The van der Waals surface area contributed by atoms with E-state index in [1.807, 2.05) is 12.1 Å². The van der Waals surface area contributed by atoms with Crippen molar-refractivity contribution in [2.24, 2.45) is 0 Å². The van der Waals surface area contributed by atoms with E-state index in [1.165, 1.54) is 0 Å². The van der Waals surface area contributed by atoms with Gasteiger partial charge in [-0.3, -0.25) is 0 Å². The number of hydrogen-bond acceptors (Lipinski definition) is 7. The van der Waals surface area contributed by atoms with Crippen LogP contribution in [0.5, 0.6) is 0 Å². The summed E-state index contributed by atoms with van der Waals surface area (Å²) < 4.78 is 47.1. The summed E-state index contributed by atoms with van der Waals surface area (Å²) in [6.45, 7) is 3.21. The van der Waals surface area contributed by atoms with Gasteiger partial charge >= 0.3 is 6.18 Å². The van der Waals surface area contributed by atoms with Crippen LogP contribution in [0.1, 0.15) is 24.8 Å². The Morgan fingerprint density at radius 3 is 2.70 bits per heavy atom. The molecule has 3 N–H and O–H groups in total. The second kappa shape index (κ2) is 7.84. The second-order valence-electron chi connectivity index (χ2n) is 8.93. The van der Waals surface area contributed by atoms with Gasteiger partial charge in [0.05, 0.1) is 17.9 Å². The number of rotatable bonds is 4. The first kappa shape index (κ1) is 20.7. The number of fused-ring (bicyclic) bond motifs is 3. The largest absolute Gasteiger partial charge is 0.419 e. The van der Waals surface area contributed by atoms with Crippen molar-refractivity contribution in [2.45, 2.75) is 43.7 Å². The van der Waals surface area contributed by atoms with E-state index in [-0.39, 0.29) is 29.9 Å². The van der Waals surface area contributed by atoms with Gasteiger partial charge in [0.2, 0.25) is 5.95 Å². The van der Waals surface area contributed by atoms with Crippen molar-refractivity contribution in [3.05, 3.63) is 30.1 Å². The predicted octanol–water partition coefficient (Wildman–Crippen LogP) is 3.18. The van der Waals surface area contributed by atoms with E-state index >= 15 is 0 Å². The highest BCUT2D eigenvalue weighted by Crippen LogP contribution is 2.39. The molecule has 3 aromatic rings. The molecule has 2 bridgehead atoms. The van der Waals surface area contributed by atoms with Crippen molar-refractivity contribution in [3.63, 3.8) is 0 Å². The van der Waals surface area contributed by atoms with E-state index in [0.717, 1.165) is 57.5 Å². The van der Waals surface area contributed by atoms with E-state index < -0.39 is 11.7 Å². The SMILES string of the molecule is FC(F)(F)c1cnc(N[C@H]2CCCNC2)nc1-c1c[nH]c2nc(N3CC4CC(C3)O4)ccc12. The Balaban J connectivity index is 1.35. The van der Waals surface area contributed by atoms with Crippen molar-refractivity contribution in [1.82, 2.24) is 25.3 Å². The third kappa shape index (κ3) is 3.89. The molecular weight excluding hydrogens is 435 g/mol. The predicted molar refractivity (Wildman–Crippen MR) is 117 cm³/mol. The molecule has 7 rings (SSSR count). The fourth-order valence-electron chi connectivity index (χ4n) is 4.93. The maximum atomic E-state index is 13.8. The van der Waals surface area contributed by atoms with Crippen LogP contribution in [-0.4, -0.2) is 64.4 Å². The summed E-state index contributed by atoms with van der Waals surface area (Å²) in [5.41, 5.74) is -0.140. The van der Waals surface area contributed by atoms with Gasteiger partial charge in [0.15, 0.2) is 0 Å². The molecule has 0 spiro atoms. The van der Waals surface area contributed by atoms with Gasteiger partial charge in [0, 0.05) is 55.4 Å². The van der Waals surface area contributed by atoms with Gasteiger partial charge in [-0.2, -0.15) is 13.2 Å². The molecule has 4 aliphatic heterocycles. The first-order valence-corrected chi connectivity index (χ1v) is 11.2. The van der Waals surface area contributed by atoms with Crippen LogP contribution in [0.4, 0.5) is 24.9 Å². The molecule has 4 saturated heterocycles. The Hall–Kier alpha value is -2.92. The number of aromatic amines is 1. The molecule has 174 valence electrons. The van der Waals surface area contributed by atoms with Crippen LogP contribution in [0.25, 0.3) is 22.3 Å². The molecule has 0 radical (unpaired) electrons. The number of morpholine rings is 1. The number of pyridine rings is 1. The van der Waals surface area contributed by atoms with Gasteiger partial charge in [-0.1, -0.05) is 0 Å². The molecule has 11 heteroatoms. The quantitative estimate of drug-likeness (QED) is 0.552. The van der Waals surface area contributed by atoms with E-state index in [2.05, 4.69) is 35.5 Å². The molecule has 2 unspecified atom stereocenters. The average molecular weight is 459 g/mol. The van der Waals surface area contributed by atoms with Crippen molar-refractivity contribution < 1.29 is 17.9 Å². The fraction of sp³-hybridized carbons (Fsp3) is 0.500. The first-order chi connectivity index (χ1) is 15.9. The number of ether oxygens (including phenoxy) is 1. The van der Waals surface area contributed by atoms with Crippen LogP contribution in [0.15, 0.2) is 24.5 Å². The molecular formula is C22H24F3N7O. The van der Waals surface area contributed by atoms with Crippen LogP contribution in [0, 0.1) is 0 Å². The standard InChI is InChI=1S/C22H24F3N7O/c23-22(24,25)17-9-28-21(29-12-2-1-5-26-7-12)31-19(17)16-8-27-20-15(16)3-4-18(30-20)32-10-13-6-14(11-32)33-13/h3-4,8-9,12-14,26H,1-2,5-7,10-11H2,(H,27,30)(H,28,29,31)/t12-,13?,14?/m0/s1. The van der Waals surface area contributed by atoms with Gasteiger partial charge in [-0.25, -0.2) is 15.0 Å². The number of aromatic nitrogens is 4. The molecule has 0 aliphatic carbocycles. The number of piperidine rings is 2. The molecule has 33 heavy (non-hydrogen) atoms. The number of nitrogens with one attached hydrogen (secondary N) is 3. The van der Waals surface area contributed by atoms with E-state index in [1.54, 1.807) is 6.20 Å². The zero-order chi connectivity index (χ0) is 22.6. The van der Waals surface area contributed by atoms with Crippen LogP contribution < -0.4 is 15.5 Å². The van der Waals surface area contributed by atoms with Crippen LogP contribution in [0.2, 0.25) is 0 Å². The summed E-state index contributed by atoms with van der Waals surface area (Å²) in [6, 6.07) is 3.74. The maximum Gasteiger partial charge on any atom is 0.419 e. The number of nitrogens with zero attached hydrogens (tertiary/aromatic N) is 4. The smallest absolute Gasteiger partial charge is 0.371 e. The zero-order valence-corrected chi connectivity index (χ0v) is 17.8. The minimum absolute atomic E-state index is 0.0789. The molecule has 0 saturated carbocycles. The highest BCUT2D eigenvalue weighted by Gasteiger charge is 2.39. The van der Waals surface area contributed by atoms with Crippen molar-refractivity contribution in [2.75, 3.05) is 36.4 Å². The average Bonchev–Trinajstić information content (AvgIpc) is 3.22. The van der Waals surface area contributed by atoms with Gasteiger partial charge in [0.1, 0.15) is 17.0 Å². The Kier molecular flexibility index (Phi) is 4.91. The van der Waals surface area contributed by atoms with E-state index in [4.69, 9.17) is 4.74 Å². The highest BCUT2D eigenvalue weighted by molar-refractivity contribution is 5.94. The number of H-pyrrole nitrogens is 1. The molecule has 4 fully saturated rings. The minimum atomic E-state index is -4.58. The molecule has 0 amide bonds. The van der Waals surface area contributed by atoms with Crippen LogP contribution in [-0.2, 0) is 10.9 Å². The lowest BCUT2D eigenvalue weighted by Crippen LogP contribution is -2.57. The summed E-state index contributed by atoms with van der Waals surface area (Å²) >= 11 is 0. The summed E-state index contributed by atoms with van der Waals surface area (Å²) in [5, 5.41) is 7.03. The monoisotopic (exact) mass is 459 g/mol. The van der Waals surface area contributed by atoms with Gasteiger partial charge in [-0.15, -0.1) is 0 Å². The normalized spacial score (nSPS) is 25.2. The lowest BCUT2D eigenvalue weighted by atomic mass is 9.99. The Morgan fingerprint density at radius 1 is 1.15 bits per heavy atom. The molecule has 7 heterocycles. The lowest BCUT2D eigenvalue weighted by molar-refractivity contribution is -0.137. The van der Waals surface area contributed by atoms with Gasteiger partial charge < -0.3 is 25.3 Å². The zero-order valence-electron chi connectivity index (χ0n) is 17.8. The summed E-state index contributed by atoms with van der Waals surface area (Å²) in [4.78, 5) is 18.1. The maximum absolute atomic E-state index is 13.8.